The second kappa shape index (κ2) is 6.22. The summed E-state index contributed by atoms with van der Waals surface area (Å²) in [6.45, 7) is 0.561. The van der Waals surface area contributed by atoms with E-state index in [-0.39, 0.29) is 18.0 Å². The number of benzene rings is 2. The first-order valence-corrected chi connectivity index (χ1v) is 7.39. The number of non-ortho nitro benzene ring substituents is 1. The van der Waals surface area contributed by atoms with Crippen LogP contribution in [0.5, 0.6) is 0 Å². The van der Waals surface area contributed by atoms with E-state index in [1.54, 1.807) is 30.3 Å². The van der Waals surface area contributed by atoms with Gasteiger partial charge in [0, 0.05) is 34.3 Å². The average molecular weight is 339 g/mol. The Labute approximate surface area is 137 Å². The lowest BCUT2D eigenvalue weighted by molar-refractivity contribution is -0.384. The molecule has 7 heteroatoms. The van der Waals surface area contributed by atoms with Crippen molar-refractivity contribution >= 4 is 28.9 Å². The highest BCUT2D eigenvalue weighted by Gasteiger charge is 2.30. The van der Waals surface area contributed by atoms with Gasteiger partial charge in [0.05, 0.1) is 4.92 Å². The molecule has 1 saturated heterocycles. The number of ether oxygens (including phenoxy) is 1. The molecule has 2 aromatic carbocycles. The third-order valence-corrected chi connectivity index (χ3v) is 4.18. The number of hydrogen-bond donors (Lipinski definition) is 1. The van der Waals surface area contributed by atoms with Crippen LogP contribution in [0.3, 0.4) is 0 Å². The summed E-state index contributed by atoms with van der Waals surface area (Å²) in [4.78, 5) is 10.2. The molecule has 0 bridgehead atoms. The van der Waals surface area contributed by atoms with Gasteiger partial charge in [-0.15, -0.1) is 0 Å². The maximum Gasteiger partial charge on any atom is 0.269 e. The van der Waals surface area contributed by atoms with E-state index in [9.17, 15) is 10.1 Å². The molecule has 2 unspecified atom stereocenters. The molecule has 22 heavy (non-hydrogen) atoms. The lowest BCUT2D eigenvalue weighted by atomic mass is 10.1. The molecular weight excluding hydrogens is 327 g/mol. The van der Waals surface area contributed by atoms with Gasteiger partial charge in [0.15, 0.2) is 0 Å². The van der Waals surface area contributed by atoms with Gasteiger partial charge in [-0.2, -0.15) is 0 Å². The smallest absolute Gasteiger partial charge is 0.269 e. The van der Waals surface area contributed by atoms with Gasteiger partial charge in [-0.25, -0.2) is 0 Å². The molecular formula is C15H12Cl2N2O3. The van der Waals surface area contributed by atoms with E-state index >= 15 is 0 Å². The minimum absolute atomic E-state index is 0.0486. The summed E-state index contributed by atoms with van der Waals surface area (Å²) in [5.74, 6) is 0. The van der Waals surface area contributed by atoms with Crippen molar-refractivity contribution in [2.45, 2.75) is 12.3 Å². The summed E-state index contributed by atoms with van der Waals surface area (Å²) in [6.07, 6.45) is -0.612. The molecule has 0 amide bonds. The van der Waals surface area contributed by atoms with Crippen LogP contribution >= 0.6 is 23.2 Å². The maximum absolute atomic E-state index is 10.7. The van der Waals surface area contributed by atoms with Crippen LogP contribution in [0.2, 0.25) is 10.0 Å². The van der Waals surface area contributed by atoms with Crippen molar-refractivity contribution in [3.63, 3.8) is 0 Å². The molecule has 1 N–H and O–H groups in total. The number of nitro groups is 1. The largest absolute Gasteiger partial charge is 0.350 e. The molecule has 1 aliphatic rings. The van der Waals surface area contributed by atoms with E-state index in [0.29, 0.717) is 16.6 Å². The van der Waals surface area contributed by atoms with Crippen LogP contribution in [0.4, 0.5) is 5.69 Å². The quantitative estimate of drug-likeness (QED) is 0.670. The summed E-state index contributed by atoms with van der Waals surface area (Å²) in [7, 11) is 0. The zero-order valence-corrected chi connectivity index (χ0v) is 12.8. The van der Waals surface area contributed by atoms with Crippen LogP contribution in [0.15, 0.2) is 42.5 Å². The van der Waals surface area contributed by atoms with Gasteiger partial charge in [0.2, 0.25) is 0 Å². The predicted molar refractivity (Wildman–Crippen MR) is 84.1 cm³/mol. The fourth-order valence-corrected chi connectivity index (χ4v) is 3.07. The Balaban J connectivity index is 1.79. The molecule has 5 nitrogen and oxygen atoms in total. The van der Waals surface area contributed by atoms with Gasteiger partial charge < -0.3 is 4.74 Å². The molecule has 1 aliphatic heterocycles. The van der Waals surface area contributed by atoms with Gasteiger partial charge in [-0.1, -0.05) is 29.3 Å². The zero-order chi connectivity index (χ0) is 15.7. The molecule has 2 atom stereocenters. The van der Waals surface area contributed by atoms with E-state index in [0.717, 1.165) is 11.1 Å². The van der Waals surface area contributed by atoms with Gasteiger partial charge in [0.1, 0.15) is 12.3 Å². The van der Waals surface area contributed by atoms with E-state index in [1.807, 2.05) is 0 Å². The molecule has 2 aromatic rings. The highest BCUT2D eigenvalue weighted by atomic mass is 35.5. The standard InChI is InChI=1S/C15H12Cl2N2O3/c16-11-2-1-3-12(17)14(11)13-8-18-15(22-13)9-4-6-10(7-5-9)19(20)21/h1-7,13,15,18H,8H2. The molecule has 0 saturated carbocycles. The average Bonchev–Trinajstić information content (AvgIpc) is 2.97. The molecule has 0 aliphatic carbocycles. The lowest BCUT2D eigenvalue weighted by Gasteiger charge is -2.15. The van der Waals surface area contributed by atoms with Crippen molar-refractivity contribution in [1.29, 1.82) is 0 Å². The van der Waals surface area contributed by atoms with Crippen molar-refractivity contribution in [3.8, 4) is 0 Å². The van der Waals surface area contributed by atoms with E-state index < -0.39 is 4.92 Å². The van der Waals surface area contributed by atoms with Gasteiger partial charge in [0.25, 0.3) is 5.69 Å². The second-order valence-electron chi connectivity index (χ2n) is 4.90. The molecule has 0 aromatic heterocycles. The molecule has 1 heterocycles. The summed E-state index contributed by atoms with van der Waals surface area (Å²) in [5, 5.41) is 15.0. The summed E-state index contributed by atoms with van der Waals surface area (Å²) in [5.41, 5.74) is 1.62. The molecule has 1 fully saturated rings. The Kier molecular flexibility index (Phi) is 4.31. The normalized spacial score (nSPS) is 21.0. The van der Waals surface area contributed by atoms with Crippen LogP contribution in [0.1, 0.15) is 23.5 Å². The Hall–Kier alpha value is -1.66. The van der Waals surface area contributed by atoms with Crippen LogP contribution in [0.25, 0.3) is 0 Å². The first-order chi connectivity index (χ1) is 10.6. The Morgan fingerprint density at radius 2 is 1.77 bits per heavy atom. The summed E-state index contributed by atoms with van der Waals surface area (Å²) >= 11 is 12.4. The molecule has 0 spiro atoms. The first kappa shape index (κ1) is 15.2. The van der Waals surface area contributed by atoms with Crippen LogP contribution < -0.4 is 5.32 Å². The molecule has 3 rings (SSSR count). The Bertz CT molecular complexity index is 686. The van der Waals surface area contributed by atoms with Crippen molar-refractivity contribution in [3.05, 3.63) is 73.8 Å². The zero-order valence-electron chi connectivity index (χ0n) is 11.3. The number of halogens is 2. The van der Waals surface area contributed by atoms with Gasteiger partial charge in [-0.3, -0.25) is 15.4 Å². The fourth-order valence-electron chi connectivity index (χ4n) is 2.43. The van der Waals surface area contributed by atoms with Gasteiger partial charge in [-0.05, 0) is 29.8 Å². The van der Waals surface area contributed by atoms with Gasteiger partial charge >= 0.3 is 0 Å². The number of hydrogen-bond acceptors (Lipinski definition) is 4. The van der Waals surface area contributed by atoms with Crippen molar-refractivity contribution in [1.82, 2.24) is 5.32 Å². The SMILES string of the molecule is O=[N+]([O-])c1ccc(C2NCC(c3c(Cl)cccc3Cl)O2)cc1. The Morgan fingerprint density at radius 3 is 2.36 bits per heavy atom. The highest BCUT2D eigenvalue weighted by molar-refractivity contribution is 6.36. The molecule has 0 radical (unpaired) electrons. The number of nitrogens with zero attached hydrogens (tertiary/aromatic N) is 1. The minimum Gasteiger partial charge on any atom is -0.350 e. The third kappa shape index (κ3) is 2.94. The van der Waals surface area contributed by atoms with Crippen LogP contribution in [-0.4, -0.2) is 11.5 Å². The topological polar surface area (TPSA) is 64.4 Å². The monoisotopic (exact) mass is 338 g/mol. The number of nitrogens with one attached hydrogen (secondary N) is 1. The number of nitro benzene ring substituents is 1. The van der Waals surface area contributed by atoms with E-state index in [4.69, 9.17) is 27.9 Å². The van der Waals surface area contributed by atoms with E-state index in [1.165, 1.54) is 12.1 Å². The van der Waals surface area contributed by atoms with Crippen molar-refractivity contribution < 1.29 is 9.66 Å². The maximum atomic E-state index is 10.7. The fraction of sp³-hybridized carbons (Fsp3) is 0.200. The molecule has 114 valence electrons. The highest BCUT2D eigenvalue weighted by Crippen LogP contribution is 2.38. The van der Waals surface area contributed by atoms with E-state index in [2.05, 4.69) is 5.32 Å². The second-order valence-corrected chi connectivity index (χ2v) is 5.71. The number of rotatable bonds is 3. The lowest BCUT2D eigenvalue weighted by Crippen LogP contribution is -2.13. The van der Waals surface area contributed by atoms with Crippen molar-refractivity contribution in [2.24, 2.45) is 0 Å². The first-order valence-electron chi connectivity index (χ1n) is 6.63. The van der Waals surface area contributed by atoms with Crippen molar-refractivity contribution in [2.75, 3.05) is 6.54 Å². The van der Waals surface area contributed by atoms with Crippen LogP contribution in [-0.2, 0) is 4.74 Å². The summed E-state index contributed by atoms with van der Waals surface area (Å²) < 4.78 is 5.95. The predicted octanol–water partition coefficient (Wildman–Crippen LogP) is 4.26. The Morgan fingerprint density at radius 1 is 1.14 bits per heavy atom. The third-order valence-electron chi connectivity index (χ3n) is 3.52. The minimum atomic E-state index is -0.432. The summed E-state index contributed by atoms with van der Waals surface area (Å²) in [6, 6.07) is 11.6. The van der Waals surface area contributed by atoms with Crippen LogP contribution in [0, 0.1) is 10.1 Å².